The molecule has 0 unspecified atom stereocenters. The van der Waals surface area contributed by atoms with Crippen LogP contribution in [0.4, 0.5) is 0 Å². The van der Waals surface area contributed by atoms with Gasteiger partial charge in [0.1, 0.15) is 12.1 Å². The molecule has 0 spiro atoms. The van der Waals surface area contributed by atoms with Crippen LogP contribution in [0.5, 0.6) is 0 Å². The fourth-order valence-corrected chi connectivity index (χ4v) is 11.7. The van der Waals surface area contributed by atoms with Gasteiger partial charge in [0.15, 0.2) is 6.10 Å². The molecule has 226 valence electrons. The highest BCUT2D eigenvalue weighted by Crippen LogP contribution is 2.67. The maximum atomic E-state index is 12.5. The second kappa shape index (κ2) is 10.8. The second-order valence-electron chi connectivity index (χ2n) is 15.8. The van der Waals surface area contributed by atoms with E-state index >= 15 is 0 Å². The van der Waals surface area contributed by atoms with Crippen LogP contribution in [0.25, 0.3) is 0 Å². The summed E-state index contributed by atoms with van der Waals surface area (Å²) in [7, 11) is 2.47. The molecule has 0 N–H and O–H groups in total. The first kappa shape index (κ1) is 29.0. The predicted octanol–water partition coefficient (Wildman–Crippen LogP) is 5.97. The molecule has 6 rings (SSSR count). The zero-order valence-corrected chi connectivity index (χ0v) is 26.2. The number of piperidine rings is 2. The smallest absolute Gasteiger partial charge is 0.303 e. The number of esters is 2. The number of fused-ring (bicyclic) bond motifs is 5. The van der Waals surface area contributed by atoms with E-state index in [1.807, 2.05) is 0 Å². The normalized spacial score (nSPS) is 46.9. The zero-order chi connectivity index (χ0) is 28.3. The van der Waals surface area contributed by atoms with E-state index in [4.69, 9.17) is 9.47 Å². The van der Waals surface area contributed by atoms with Gasteiger partial charge in [-0.05, 0) is 113 Å². The fraction of sp³-hybridized carbons (Fsp3) is 0.941. The minimum atomic E-state index is -0.111. The Bertz CT molecular complexity index is 958. The van der Waals surface area contributed by atoms with Crippen molar-refractivity contribution in [2.75, 3.05) is 33.2 Å². The molecule has 10 atom stereocenters. The predicted molar refractivity (Wildman–Crippen MR) is 156 cm³/mol. The largest absolute Gasteiger partial charge is 0.461 e. The molecule has 0 aromatic carbocycles. The van der Waals surface area contributed by atoms with Crippen LogP contribution in [0.1, 0.15) is 111 Å². The van der Waals surface area contributed by atoms with Crippen LogP contribution in [0.3, 0.4) is 0 Å². The van der Waals surface area contributed by atoms with Gasteiger partial charge in [-0.15, -0.1) is 0 Å². The van der Waals surface area contributed by atoms with Gasteiger partial charge in [0.2, 0.25) is 0 Å². The van der Waals surface area contributed by atoms with Crippen molar-refractivity contribution < 1.29 is 23.5 Å². The van der Waals surface area contributed by atoms with Gasteiger partial charge in [-0.3, -0.25) is 14.5 Å². The van der Waals surface area contributed by atoms with Crippen molar-refractivity contribution in [1.29, 1.82) is 0 Å². The topological polar surface area (TPSA) is 55.8 Å². The van der Waals surface area contributed by atoms with Crippen LogP contribution in [0.2, 0.25) is 0 Å². The van der Waals surface area contributed by atoms with Gasteiger partial charge in [0, 0.05) is 31.7 Å². The Morgan fingerprint density at radius 2 is 1.48 bits per heavy atom. The summed E-state index contributed by atoms with van der Waals surface area (Å²) in [6.07, 6.45) is 16.3. The molecule has 40 heavy (non-hydrogen) atoms. The summed E-state index contributed by atoms with van der Waals surface area (Å²) in [4.78, 5) is 27.4. The van der Waals surface area contributed by atoms with Gasteiger partial charge in [-0.25, -0.2) is 0 Å². The van der Waals surface area contributed by atoms with Gasteiger partial charge in [-0.2, -0.15) is 0 Å². The lowest BCUT2D eigenvalue weighted by molar-refractivity contribution is -0.940. The summed E-state index contributed by atoms with van der Waals surface area (Å²) in [5, 5.41) is 0. The van der Waals surface area contributed by atoms with Gasteiger partial charge >= 0.3 is 11.9 Å². The summed E-state index contributed by atoms with van der Waals surface area (Å²) in [5.74, 6) is 2.50. The molecule has 4 saturated carbocycles. The van der Waals surface area contributed by atoms with E-state index < -0.39 is 0 Å². The SMILES string of the molecule is CC(=O)O[C@H]1C[C@@H]2CC[C@H]3[C@@H](CC[C@@]4(C)[C@H]3C[C@H]([N+]3(C)CCCCC3)[C@@H]4OC(C)=O)[C@@]2(C)C[C@@H]1N1CCCCC1. The maximum absolute atomic E-state index is 12.5. The molecule has 6 fully saturated rings. The average Bonchev–Trinajstić information content (AvgIpc) is 3.21. The molecule has 6 nitrogen and oxygen atoms in total. The molecule has 0 bridgehead atoms. The summed E-state index contributed by atoms with van der Waals surface area (Å²) in [6.45, 7) is 13.1. The van der Waals surface area contributed by atoms with Gasteiger partial charge in [0.05, 0.1) is 20.1 Å². The number of likely N-dealkylation sites (tertiary alicyclic amines) is 2. The number of hydrogen-bond donors (Lipinski definition) is 0. The molecule has 2 heterocycles. The molecule has 6 aliphatic rings. The molecular formula is C34H57N2O4+. The molecule has 0 aromatic rings. The Balaban J connectivity index is 1.29. The van der Waals surface area contributed by atoms with Crippen molar-refractivity contribution in [2.45, 2.75) is 135 Å². The Labute approximate surface area is 243 Å². The maximum Gasteiger partial charge on any atom is 0.303 e. The van der Waals surface area contributed by atoms with Crippen molar-refractivity contribution >= 4 is 11.9 Å². The highest BCUT2D eigenvalue weighted by molar-refractivity contribution is 5.66. The molecule has 0 radical (unpaired) electrons. The number of carbonyl (C=O) groups excluding carboxylic acids is 2. The molecule has 6 heteroatoms. The van der Waals surface area contributed by atoms with Crippen molar-refractivity contribution in [3.05, 3.63) is 0 Å². The van der Waals surface area contributed by atoms with E-state index in [-0.39, 0.29) is 29.6 Å². The van der Waals surface area contributed by atoms with E-state index in [2.05, 4.69) is 25.8 Å². The van der Waals surface area contributed by atoms with E-state index in [0.29, 0.717) is 35.3 Å². The summed E-state index contributed by atoms with van der Waals surface area (Å²) >= 11 is 0. The van der Waals surface area contributed by atoms with Crippen LogP contribution >= 0.6 is 0 Å². The van der Waals surface area contributed by atoms with Crippen molar-refractivity contribution in [3.63, 3.8) is 0 Å². The van der Waals surface area contributed by atoms with Crippen LogP contribution in [0, 0.1) is 34.5 Å². The molecule has 0 amide bonds. The molecule has 2 aliphatic heterocycles. The van der Waals surface area contributed by atoms with Crippen molar-refractivity contribution in [3.8, 4) is 0 Å². The van der Waals surface area contributed by atoms with Crippen LogP contribution in [-0.4, -0.2) is 78.8 Å². The minimum absolute atomic E-state index is 0.0466. The lowest BCUT2D eigenvalue weighted by Crippen LogP contribution is -2.61. The van der Waals surface area contributed by atoms with Gasteiger partial charge in [0.25, 0.3) is 0 Å². The number of quaternary nitrogens is 1. The number of hydrogen-bond acceptors (Lipinski definition) is 5. The van der Waals surface area contributed by atoms with Crippen LogP contribution < -0.4 is 0 Å². The first-order valence-electron chi connectivity index (χ1n) is 17.0. The van der Waals surface area contributed by atoms with E-state index in [0.717, 1.165) is 29.9 Å². The number of nitrogens with zero attached hydrogens (tertiary/aromatic N) is 2. The minimum Gasteiger partial charge on any atom is -0.461 e. The quantitative estimate of drug-likeness (QED) is 0.315. The lowest BCUT2D eigenvalue weighted by atomic mass is 9.44. The Morgan fingerprint density at radius 1 is 0.800 bits per heavy atom. The Hall–Kier alpha value is -1.14. The molecular weight excluding hydrogens is 500 g/mol. The molecule has 0 aromatic heterocycles. The summed E-state index contributed by atoms with van der Waals surface area (Å²) < 4.78 is 13.5. The highest BCUT2D eigenvalue weighted by atomic mass is 16.5. The Kier molecular flexibility index (Phi) is 7.85. The lowest BCUT2D eigenvalue weighted by Gasteiger charge is -2.62. The van der Waals surface area contributed by atoms with E-state index in [9.17, 15) is 9.59 Å². The zero-order valence-electron chi connectivity index (χ0n) is 26.2. The fourth-order valence-electron chi connectivity index (χ4n) is 11.7. The number of rotatable bonds is 4. The third-order valence-corrected chi connectivity index (χ3v) is 13.7. The van der Waals surface area contributed by atoms with Crippen molar-refractivity contribution in [2.24, 2.45) is 34.5 Å². The van der Waals surface area contributed by atoms with Gasteiger partial charge in [-0.1, -0.05) is 20.3 Å². The third kappa shape index (κ3) is 4.85. The first-order chi connectivity index (χ1) is 19.0. The van der Waals surface area contributed by atoms with Crippen LogP contribution in [0.15, 0.2) is 0 Å². The third-order valence-electron chi connectivity index (χ3n) is 13.7. The highest BCUT2D eigenvalue weighted by Gasteiger charge is 2.67. The van der Waals surface area contributed by atoms with E-state index in [1.54, 1.807) is 13.8 Å². The molecule has 4 aliphatic carbocycles. The Morgan fingerprint density at radius 3 is 2.15 bits per heavy atom. The van der Waals surface area contributed by atoms with Crippen LogP contribution in [-0.2, 0) is 19.1 Å². The first-order valence-corrected chi connectivity index (χ1v) is 17.0. The summed E-state index contributed by atoms with van der Waals surface area (Å²) in [5.41, 5.74) is 0.377. The standard InChI is InChI=1S/C34H57N2O4/c1-23(37)39-31-20-25-12-13-26-27(34(25,4)22-29(31)35-16-8-6-9-17-35)14-15-33(3)28(26)21-30(32(33)40-24(2)38)36(5)18-10-7-11-19-36/h25-32H,6-22H2,1-5H3/q+1/t25-,26-,27+,28-,29-,30-,31-,32-,33-,34-/m0/s1. The monoisotopic (exact) mass is 557 g/mol. The number of likely N-dealkylation sites (N-methyl/N-ethyl adjacent to an activating group) is 1. The summed E-state index contributed by atoms with van der Waals surface area (Å²) in [6, 6.07) is 0.796. The number of carbonyl (C=O) groups is 2. The van der Waals surface area contributed by atoms with Gasteiger partial charge < -0.3 is 14.0 Å². The second-order valence-corrected chi connectivity index (χ2v) is 15.8. The molecule has 2 saturated heterocycles. The average molecular weight is 558 g/mol. The number of ether oxygens (including phenoxy) is 2. The van der Waals surface area contributed by atoms with Crippen molar-refractivity contribution in [1.82, 2.24) is 4.90 Å². The van der Waals surface area contributed by atoms with E-state index in [1.165, 1.54) is 90.1 Å².